The van der Waals surface area contributed by atoms with Crippen LogP contribution < -0.4 is 10.1 Å². The van der Waals surface area contributed by atoms with Crippen LogP contribution >= 0.6 is 0 Å². The highest BCUT2D eigenvalue weighted by Crippen LogP contribution is 2.27. The van der Waals surface area contributed by atoms with Gasteiger partial charge in [0.05, 0.1) is 11.5 Å². The lowest BCUT2D eigenvalue weighted by Crippen LogP contribution is -2.43. The number of aliphatic carboxylic acids is 2. The summed E-state index contributed by atoms with van der Waals surface area (Å²) in [5, 5.41) is 29.1. The van der Waals surface area contributed by atoms with Crippen molar-refractivity contribution in [3.8, 4) is 5.75 Å². The van der Waals surface area contributed by atoms with Crippen LogP contribution in [0.3, 0.4) is 0 Å². The standard InChI is InChI=1S/C14H21N3O3.C2H2O4/c1-12-3-4-14(13(11-12)17(18)19)20-10-2-7-16-8-5-15-6-9-16;3-1(4)2(5)6/h3-4,11,15H,2,5-10H2,1H3;(H,3,4)(H,5,6). The summed E-state index contributed by atoms with van der Waals surface area (Å²) in [5.74, 6) is -3.29. The van der Waals surface area contributed by atoms with Gasteiger partial charge in [-0.3, -0.25) is 10.1 Å². The third-order valence-corrected chi connectivity index (χ3v) is 3.58. The molecule has 1 aliphatic heterocycles. The Bertz CT molecular complexity index is 618. The minimum absolute atomic E-state index is 0.0483. The highest BCUT2D eigenvalue weighted by atomic mass is 16.6. The van der Waals surface area contributed by atoms with Crippen molar-refractivity contribution < 1.29 is 29.5 Å². The number of nitro groups is 1. The van der Waals surface area contributed by atoms with Crippen LogP contribution in [0.4, 0.5) is 5.69 Å². The number of rotatable bonds is 6. The van der Waals surface area contributed by atoms with Crippen LogP contribution in [0.5, 0.6) is 5.75 Å². The Morgan fingerprint density at radius 3 is 2.42 bits per heavy atom. The molecule has 10 heteroatoms. The summed E-state index contributed by atoms with van der Waals surface area (Å²) < 4.78 is 5.56. The largest absolute Gasteiger partial charge is 0.487 e. The zero-order valence-corrected chi connectivity index (χ0v) is 14.5. The Balaban J connectivity index is 0.000000487. The van der Waals surface area contributed by atoms with E-state index in [-0.39, 0.29) is 5.69 Å². The summed E-state index contributed by atoms with van der Waals surface area (Å²) in [6.45, 7) is 7.50. The number of ether oxygens (including phenoxy) is 1. The van der Waals surface area contributed by atoms with Gasteiger partial charge in [-0.2, -0.15) is 0 Å². The van der Waals surface area contributed by atoms with Crippen molar-refractivity contribution in [1.82, 2.24) is 10.2 Å². The first-order valence-corrected chi connectivity index (χ1v) is 8.08. The molecule has 144 valence electrons. The maximum atomic E-state index is 11.0. The van der Waals surface area contributed by atoms with Gasteiger partial charge in [-0.15, -0.1) is 0 Å². The SMILES string of the molecule is Cc1ccc(OCCCN2CCNCC2)c([N+](=O)[O-])c1.O=C(O)C(=O)O. The number of nitrogens with zero attached hydrogens (tertiary/aromatic N) is 2. The van der Waals surface area contributed by atoms with Crippen molar-refractivity contribution in [3.05, 3.63) is 33.9 Å². The molecule has 0 aliphatic carbocycles. The van der Waals surface area contributed by atoms with E-state index in [4.69, 9.17) is 24.5 Å². The maximum Gasteiger partial charge on any atom is 0.414 e. The minimum Gasteiger partial charge on any atom is -0.487 e. The predicted octanol–water partition coefficient (Wildman–Crippen LogP) is 0.733. The summed E-state index contributed by atoms with van der Waals surface area (Å²) >= 11 is 0. The smallest absolute Gasteiger partial charge is 0.414 e. The molecule has 1 heterocycles. The number of piperazine rings is 1. The number of benzene rings is 1. The Morgan fingerprint density at radius 2 is 1.88 bits per heavy atom. The molecule has 0 amide bonds. The first kappa shape index (κ1) is 21.3. The fraction of sp³-hybridized carbons (Fsp3) is 0.500. The molecule has 3 N–H and O–H groups in total. The molecule has 1 saturated heterocycles. The Kier molecular flexibility index (Phi) is 9.02. The van der Waals surface area contributed by atoms with Crippen molar-refractivity contribution in [2.75, 3.05) is 39.3 Å². The van der Waals surface area contributed by atoms with E-state index in [1.807, 2.05) is 13.0 Å². The molecular formula is C16H23N3O7. The molecule has 0 spiro atoms. The first-order chi connectivity index (χ1) is 12.3. The number of nitro benzene ring substituents is 1. The average Bonchev–Trinajstić information content (AvgIpc) is 2.61. The molecule has 1 aromatic rings. The quantitative estimate of drug-likeness (QED) is 0.286. The number of aryl methyl sites for hydroxylation is 1. The van der Waals surface area contributed by atoms with E-state index in [9.17, 15) is 10.1 Å². The van der Waals surface area contributed by atoms with Crippen LogP contribution in [0.25, 0.3) is 0 Å². The van der Waals surface area contributed by atoms with Gasteiger partial charge in [0.2, 0.25) is 0 Å². The van der Waals surface area contributed by atoms with E-state index in [1.165, 1.54) is 0 Å². The van der Waals surface area contributed by atoms with Crippen LogP contribution in [0.15, 0.2) is 18.2 Å². The molecule has 0 aromatic heterocycles. The van der Waals surface area contributed by atoms with E-state index < -0.39 is 16.9 Å². The summed E-state index contributed by atoms with van der Waals surface area (Å²) in [6, 6.07) is 5.06. The Hall–Kier alpha value is -2.72. The third-order valence-electron chi connectivity index (χ3n) is 3.58. The lowest BCUT2D eigenvalue weighted by molar-refractivity contribution is -0.385. The maximum absolute atomic E-state index is 11.0. The predicted molar refractivity (Wildman–Crippen MR) is 92.5 cm³/mol. The number of hydrogen-bond acceptors (Lipinski definition) is 7. The zero-order chi connectivity index (χ0) is 19.5. The summed E-state index contributed by atoms with van der Waals surface area (Å²) in [4.78, 5) is 31.2. The lowest BCUT2D eigenvalue weighted by atomic mass is 10.2. The van der Waals surface area contributed by atoms with Gasteiger partial charge >= 0.3 is 17.6 Å². The molecule has 0 saturated carbocycles. The van der Waals surface area contributed by atoms with E-state index in [1.54, 1.807) is 12.1 Å². The van der Waals surface area contributed by atoms with Gasteiger partial charge in [-0.25, -0.2) is 9.59 Å². The van der Waals surface area contributed by atoms with Crippen molar-refractivity contribution in [2.45, 2.75) is 13.3 Å². The van der Waals surface area contributed by atoms with Gasteiger partial charge in [0, 0.05) is 38.8 Å². The topological polar surface area (TPSA) is 142 Å². The number of carbonyl (C=O) groups is 2. The number of hydrogen-bond donors (Lipinski definition) is 3. The second-order valence-electron chi connectivity index (χ2n) is 5.63. The van der Waals surface area contributed by atoms with E-state index in [0.717, 1.165) is 44.7 Å². The molecule has 0 bridgehead atoms. The van der Waals surface area contributed by atoms with Crippen LogP contribution in [-0.4, -0.2) is 71.3 Å². The first-order valence-electron chi connectivity index (χ1n) is 8.08. The van der Waals surface area contributed by atoms with Gasteiger partial charge < -0.3 is 25.2 Å². The molecular weight excluding hydrogens is 346 g/mol. The summed E-state index contributed by atoms with van der Waals surface area (Å²) in [6.07, 6.45) is 0.880. The van der Waals surface area contributed by atoms with Gasteiger partial charge in [0.25, 0.3) is 0 Å². The van der Waals surface area contributed by atoms with Crippen LogP contribution in [0, 0.1) is 17.0 Å². The monoisotopic (exact) mass is 369 g/mol. The van der Waals surface area contributed by atoms with Crippen molar-refractivity contribution in [3.63, 3.8) is 0 Å². The summed E-state index contributed by atoms with van der Waals surface area (Å²) in [7, 11) is 0. The van der Waals surface area contributed by atoms with Crippen molar-refractivity contribution >= 4 is 17.6 Å². The molecule has 1 fully saturated rings. The van der Waals surface area contributed by atoms with E-state index in [0.29, 0.717) is 12.4 Å². The highest BCUT2D eigenvalue weighted by Gasteiger charge is 2.15. The second kappa shape index (κ2) is 11.0. The van der Waals surface area contributed by atoms with Gasteiger partial charge in [-0.05, 0) is 25.0 Å². The van der Waals surface area contributed by atoms with E-state index >= 15 is 0 Å². The van der Waals surface area contributed by atoms with Gasteiger partial charge in [0.1, 0.15) is 0 Å². The van der Waals surface area contributed by atoms with Gasteiger partial charge in [-0.1, -0.05) is 6.07 Å². The van der Waals surface area contributed by atoms with Crippen molar-refractivity contribution in [2.24, 2.45) is 0 Å². The van der Waals surface area contributed by atoms with Crippen LogP contribution in [0.2, 0.25) is 0 Å². The molecule has 2 rings (SSSR count). The number of carboxylic acids is 2. The second-order valence-corrected chi connectivity index (χ2v) is 5.63. The molecule has 0 radical (unpaired) electrons. The zero-order valence-electron chi connectivity index (χ0n) is 14.5. The fourth-order valence-electron chi connectivity index (χ4n) is 2.30. The minimum atomic E-state index is -1.82. The fourth-order valence-corrected chi connectivity index (χ4v) is 2.30. The van der Waals surface area contributed by atoms with Crippen molar-refractivity contribution in [1.29, 1.82) is 0 Å². The van der Waals surface area contributed by atoms with Crippen LogP contribution in [-0.2, 0) is 9.59 Å². The Morgan fingerprint density at radius 1 is 1.27 bits per heavy atom. The Labute approximate surface area is 150 Å². The molecule has 26 heavy (non-hydrogen) atoms. The molecule has 1 aromatic carbocycles. The molecule has 0 unspecified atom stereocenters. The van der Waals surface area contributed by atoms with Crippen LogP contribution in [0.1, 0.15) is 12.0 Å². The average molecular weight is 369 g/mol. The third kappa shape index (κ3) is 7.90. The van der Waals surface area contributed by atoms with E-state index in [2.05, 4.69) is 10.2 Å². The van der Waals surface area contributed by atoms with Gasteiger partial charge in [0.15, 0.2) is 5.75 Å². The number of carboxylic acid groups (broad SMARTS) is 2. The summed E-state index contributed by atoms with van der Waals surface area (Å²) in [5.41, 5.74) is 0.914. The number of nitrogens with one attached hydrogen (secondary N) is 1. The normalized spacial score (nSPS) is 14.0. The molecule has 0 atom stereocenters. The lowest BCUT2D eigenvalue weighted by Gasteiger charge is -2.26. The highest BCUT2D eigenvalue weighted by molar-refractivity contribution is 6.27. The molecule has 10 nitrogen and oxygen atoms in total. The molecule has 1 aliphatic rings.